The molecule has 8 heteroatoms. The summed E-state index contributed by atoms with van der Waals surface area (Å²) in [5.74, 6) is -1.02. The van der Waals surface area contributed by atoms with Gasteiger partial charge in [0.15, 0.2) is 6.61 Å². The van der Waals surface area contributed by atoms with Crippen LogP contribution >= 0.6 is 23.2 Å². The van der Waals surface area contributed by atoms with Crippen molar-refractivity contribution in [2.75, 3.05) is 13.7 Å². The first-order valence-electron chi connectivity index (χ1n) is 7.43. The van der Waals surface area contributed by atoms with E-state index in [4.69, 9.17) is 27.9 Å². The van der Waals surface area contributed by atoms with E-state index in [0.29, 0.717) is 28.0 Å². The van der Waals surface area contributed by atoms with Gasteiger partial charge < -0.3 is 10.1 Å². The van der Waals surface area contributed by atoms with Crippen LogP contribution in [-0.4, -0.2) is 35.3 Å². The standard InChI is InChI=1S/C17H17Cl2N3O3/c1-11-14(7-8-16(24)25-10-15(23)20-2)17(19)22(21-11)9-12-3-5-13(18)6-4-12/h3-8H,9-10H2,1-2H3,(H,20,23)/b8-7+. The molecule has 6 nitrogen and oxygen atoms in total. The number of likely N-dealkylation sites (N-methyl/N-ethyl adjacent to an activating group) is 1. The number of benzene rings is 1. The molecule has 1 N–H and O–H groups in total. The average molecular weight is 382 g/mol. The summed E-state index contributed by atoms with van der Waals surface area (Å²) in [7, 11) is 1.46. The van der Waals surface area contributed by atoms with Gasteiger partial charge >= 0.3 is 5.97 Å². The normalized spacial score (nSPS) is 10.9. The third-order valence-electron chi connectivity index (χ3n) is 3.37. The van der Waals surface area contributed by atoms with Gasteiger partial charge in [0, 0.05) is 23.7 Å². The number of carbonyl (C=O) groups excluding carboxylic acids is 2. The van der Waals surface area contributed by atoms with Crippen LogP contribution < -0.4 is 5.32 Å². The number of nitrogens with one attached hydrogen (secondary N) is 1. The first-order chi connectivity index (χ1) is 11.9. The number of ether oxygens (including phenoxy) is 1. The molecule has 0 bridgehead atoms. The number of carbonyl (C=O) groups is 2. The number of amides is 1. The van der Waals surface area contributed by atoms with Gasteiger partial charge in [0.2, 0.25) is 0 Å². The van der Waals surface area contributed by atoms with E-state index in [0.717, 1.165) is 5.56 Å². The van der Waals surface area contributed by atoms with Crippen molar-refractivity contribution in [2.24, 2.45) is 0 Å². The number of aromatic nitrogens is 2. The Bertz CT molecular complexity index is 798. The fourth-order valence-electron chi connectivity index (χ4n) is 2.03. The minimum atomic E-state index is -0.635. The third kappa shape index (κ3) is 5.34. The summed E-state index contributed by atoms with van der Waals surface area (Å²) in [6.07, 6.45) is 2.74. The molecule has 0 spiro atoms. The number of esters is 1. The molecule has 0 fully saturated rings. The van der Waals surface area contributed by atoms with E-state index in [2.05, 4.69) is 10.4 Å². The van der Waals surface area contributed by atoms with Crippen LogP contribution in [0.3, 0.4) is 0 Å². The second-order valence-electron chi connectivity index (χ2n) is 5.19. The maximum atomic E-state index is 11.6. The van der Waals surface area contributed by atoms with Crippen molar-refractivity contribution in [2.45, 2.75) is 13.5 Å². The SMILES string of the molecule is CNC(=O)COC(=O)/C=C/c1c(C)nn(Cc2ccc(Cl)cc2)c1Cl. The van der Waals surface area contributed by atoms with Gasteiger partial charge in [0.05, 0.1) is 12.2 Å². The van der Waals surface area contributed by atoms with Crippen LogP contribution in [0.15, 0.2) is 30.3 Å². The van der Waals surface area contributed by atoms with Crippen LogP contribution in [-0.2, 0) is 20.9 Å². The fraction of sp³-hybridized carbons (Fsp3) is 0.235. The molecule has 0 saturated carbocycles. The predicted octanol–water partition coefficient (Wildman–Crippen LogP) is 2.85. The van der Waals surface area contributed by atoms with Gasteiger partial charge in [-0.25, -0.2) is 9.48 Å². The summed E-state index contributed by atoms with van der Waals surface area (Å²) in [6.45, 7) is 1.94. The molecule has 0 aliphatic heterocycles. The molecule has 132 valence electrons. The summed E-state index contributed by atoms with van der Waals surface area (Å²) in [5.41, 5.74) is 2.29. The molecule has 2 rings (SSSR count). The third-order valence-corrected chi connectivity index (χ3v) is 4.02. The summed E-state index contributed by atoms with van der Waals surface area (Å²) in [5, 5.41) is 7.80. The number of hydrogen-bond acceptors (Lipinski definition) is 4. The molecule has 2 aromatic rings. The molecule has 1 aromatic carbocycles. The van der Waals surface area contributed by atoms with Gasteiger partial charge in [-0.05, 0) is 30.7 Å². The largest absolute Gasteiger partial charge is 0.452 e. The molecule has 0 saturated heterocycles. The Morgan fingerprint density at radius 1 is 1.28 bits per heavy atom. The number of aryl methyl sites for hydroxylation is 1. The monoisotopic (exact) mass is 381 g/mol. The Morgan fingerprint density at radius 2 is 1.96 bits per heavy atom. The highest BCUT2D eigenvalue weighted by molar-refractivity contribution is 6.31. The van der Waals surface area contributed by atoms with Gasteiger partial charge in [-0.15, -0.1) is 0 Å². The molecule has 25 heavy (non-hydrogen) atoms. The van der Waals surface area contributed by atoms with E-state index >= 15 is 0 Å². The van der Waals surface area contributed by atoms with Crippen LogP contribution in [0.1, 0.15) is 16.8 Å². The van der Waals surface area contributed by atoms with Crippen LogP contribution in [0.5, 0.6) is 0 Å². The lowest BCUT2D eigenvalue weighted by Crippen LogP contribution is -2.24. The predicted molar refractivity (Wildman–Crippen MR) is 96.6 cm³/mol. The van der Waals surface area contributed by atoms with E-state index in [1.165, 1.54) is 19.2 Å². The molecule has 0 atom stereocenters. The zero-order valence-electron chi connectivity index (χ0n) is 13.8. The Morgan fingerprint density at radius 3 is 2.60 bits per heavy atom. The number of halogens is 2. The minimum Gasteiger partial charge on any atom is -0.452 e. The Kier molecular flexibility index (Phi) is 6.61. The number of hydrogen-bond donors (Lipinski definition) is 1. The topological polar surface area (TPSA) is 73.2 Å². The van der Waals surface area contributed by atoms with Gasteiger partial charge in [0.25, 0.3) is 5.91 Å². The smallest absolute Gasteiger partial charge is 0.331 e. The van der Waals surface area contributed by atoms with E-state index in [1.54, 1.807) is 23.7 Å². The van der Waals surface area contributed by atoms with Crippen molar-refractivity contribution in [3.05, 3.63) is 57.3 Å². The van der Waals surface area contributed by atoms with Crippen molar-refractivity contribution >= 4 is 41.2 Å². The van der Waals surface area contributed by atoms with Crippen LogP contribution in [0.25, 0.3) is 6.08 Å². The quantitative estimate of drug-likeness (QED) is 0.616. The van der Waals surface area contributed by atoms with E-state index < -0.39 is 5.97 Å². The molecule has 0 aliphatic carbocycles. The fourth-order valence-corrected chi connectivity index (χ4v) is 2.46. The maximum Gasteiger partial charge on any atom is 0.331 e. The highest BCUT2D eigenvalue weighted by atomic mass is 35.5. The van der Waals surface area contributed by atoms with Crippen molar-refractivity contribution in [1.82, 2.24) is 15.1 Å². The van der Waals surface area contributed by atoms with E-state index in [1.807, 2.05) is 12.1 Å². The first kappa shape index (κ1) is 19.0. The first-order valence-corrected chi connectivity index (χ1v) is 8.19. The lowest BCUT2D eigenvalue weighted by atomic mass is 10.2. The Balaban J connectivity index is 2.08. The van der Waals surface area contributed by atoms with Crippen LogP contribution in [0, 0.1) is 6.92 Å². The van der Waals surface area contributed by atoms with Crippen LogP contribution in [0.2, 0.25) is 10.2 Å². The summed E-state index contributed by atoms with van der Waals surface area (Å²) in [6, 6.07) is 7.37. The molecule has 1 amide bonds. The Hall–Kier alpha value is -2.31. The zero-order valence-corrected chi connectivity index (χ0v) is 15.3. The number of rotatable bonds is 6. The molecule has 0 unspecified atom stereocenters. The summed E-state index contributed by atoms with van der Waals surface area (Å²) in [4.78, 5) is 22.7. The molecule has 0 aliphatic rings. The molecule has 0 radical (unpaired) electrons. The minimum absolute atomic E-state index is 0.331. The van der Waals surface area contributed by atoms with Gasteiger partial charge in [-0.1, -0.05) is 35.3 Å². The summed E-state index contributed by atoms with van der Waals surface area (Å²) < 4.78 is 6.42. The molecule has 1 heterocycles. The van der Waals surface area contributed by atoms with Crippen molar-refractivity contribution in [3.63, 3.8) is 0 Å². The number of nitrogens with zero attached hydrogens (tertiary/aromatic N) is 2. The van der Waals surface area contributed by atoms with Gasteiger partial charge in [0.1, 0.15) is 5.15 Å². The Labute approximate surface area is 155 Å². The zero-order chi connectivity index (χ0) is 18.4. The van der Waals surface area contributed by atoms with Gasteiger partial charge in [-0.2, -0.15) is 5.10 Å². The second-order valence-corrected chi connectivity index (χ2v) is 5.98. The van der Waals surface area contributed by atoms with Crippen molar-refractivity contribution < 1.29 is 14.3 Å². The second kappa shape index (κ2) is 8.69. The van der Waals surface area contributed by atoms with E-state index in [9.17, 15) is 9.59 Å². The molecular weight excluding hydrogens is 365 g/mol. The molecule has 1 aromatic heterocycles. The summed E-state index contributed by atoms with van der Waals surface area (Å²) >= 11 is 12.2. The highest BCUT2D eigenvalue weighted by Crippen LogP contribution is 2.22. The lowest BCUT2D eigenvalue weighted by molar-refractivity contribution is -0.143. The average Bonchev–Trinajstić information content (AvgIpc) is 2.86. The van der Waals surface area contributed by atoms with E-state index in [-0.39, 0.29) is 12.5 Å². The lowest BCUT2D eigenvalue weighted by Gasteiger charge is -2.04. The molecular formula is C17H17Cl2N3O3. The van der Waals surface area contributed by atoms with Gasteiger partial charge in [-0.3, -0.25) is 4.79 Å². The van der Waals surface area contributed by atoms with Crippen LogP contribution in [0.4, 0.5) is 0 Å². The highest BCUT2D eigenvalue weighted by Gasteiger charge is 2.12. The maximum absolute atomic E-state index is 11.6. The van der Waals surface area contributed by atoms with Crippen molar-refractivity contribution in [3.8, 4) is 0 Å². The van der Waals surface area contributed by atoms with Crippen molar-refractivity contribution in [1.29, 1.82) is 0 Å².